The second kappa shape index (κ2) is 6.38. The zero-order valence-electron chi connectivity index (χ0n) is 11.5. The molecule has 2 heterocycles. The number of nitrogens with one attached hydrogen (secondary N) is 2. The number of halogens is 3. The van der Waals surface area contributed by atoms with Gasteiger partial charge in [0.05, 0.1) is 12.1 Å². The summed E-state index contributed by atoms with van der Waals surface area (Å²) in [6.45, 7) is 0.501. The van der Waals surface area contributed by atoms with Gasteiger partial charge in [0, 0.05) is 37.6 Å². The third-order valence-electron chi connectivity index (χ3n) is 3.58. The molecule has 0 aliphatic carbocycles. The minimum absolute atomic E-state index is 0.0570. The van der Waals surface area contributed by atoms with E-state index in [2.05, 4.69) is 10.6 Å². The van der Waals surface area contributed by atoms with Crippen LogP contribution in [0.3, 0.4) is 0 Å². The number of primary amides is 1. The molecule has 0 aromatic heterocycles. The number of amides is 1. The fourth-order valence-electron chi connectivity index (χ4n) is 2.56. The molecule has 1 saturated heterocycles. The third-order valence-corrected chi connectivity index (χ3v) is 3.58. The molecule has 2 aliphatic heterocycles. The van der Waals surface area contributed by atoms with Crippen molar-refractivity contribution in [2.75, 3.05) is 26.2 Å². The third kappa shape index (κ3) is 4.66. The minimum atomic E-state index is -4.15. The molecule has 118 valence electrons. The first-order valence-corrected chi connectivity index (χ1v) is 6.84. The monoisotopic (exact) mass is 304 g/mol. The molecule has 0 unspecified atom stereocenters. The topological polar surface area (TPSA) is 70.4 Å². The SMILES string of the molecule is NC(=O)C1=CNCC=C1NC1CCN(CC(F)(F)F)CC1. The Kier molecular flexibility index (Phi) is 4.76. The van der Waals surface area contributed by atoms with Gasteiger partial charge in [0.25, 0.3) is 5.91 Å². The molecule has 0 spiro atoms. The Morgan fingerprint density at radius 1 is 1.43 bits per heavy atom. The predicted octanol–water partition coefficient (Wildman–Crippen LogP) is 0.459. The summed E-state index contributed by atoms with van der Waals surface area (Å²) in [5, 5.41) is 6.12. The summed E-state index contributed by atoms with van der Waals surface area (Å²) in [5.74, 6) is -0.532. The van der Waals surface area contributed by atoms with E-state index in [4.69, 9.17) is 5.73 Å². The van der Waals surface area contributed by atoms with E-state index < -0.39 is 18.6 Å². The second-order valence-corrected chi connectivity index (χ2v) is 5.26. The second-order valence-electron chi connectivity index (χ2n) is 5.26. The van der Waals surface area contributed by atoms with Crippen LogP contribution in [-0.2, 0) is 4.79 Å². The number of rotatable bonds is 4. The maximum Gasteiger partial charge on any atom is 0.401 e. The van der Waals surface area contributed by atoms with Crippen LogP contribution in [0.4, 0.5) is 13.2 Å². The van der Waals surface area contributed by atoms with Crippen LogP contribution in [0.25, 0.3) is 0 Å². The van der Waals surface area contributed by atoms with Crippen molar-refractivity contribution in [3.8, 4) is 0 Å². The van der Waals surface area contributed by atoms with Crippen molar-refractivity contribution in [1.29, 1.82) is 0 Å². The van der Waals surface area contributed by atoms with Crippen LogP contribution >= 0.6 is 0 Å². The zero-order valence-corrected chi connectivity index (χ0v) is 11.5. The number of likely N-dealkylation sites (tertiary alicyclic amines) is 1. The highest BCUT2D eigenvalue weighted by Crippen LogP contribution is 2.21. The maximum absolute atomic E-state index is 12.3. The Labute approximate surface area is 121 Å². The fraction of sp³-hybridized carbons (Fsp3) is 0.615. The number of carbonyl (C=O) groups is 1. The Balaban J connectivity index is 1.85. The smallest absolute Gasteiger partial charge is 0.387 e. The number of dihydropyridines is 1. The zero-order chi connectivity index (χ0) is 15.5. The standard InChI is InChI=1S/C13H19F3N4O/c14-13(15,16)8-20-5-2-9(3-6-20)19-11-1-4-18-7-10(11)12(17)21/h1,7,9,18-19H,2-6,8H2,(H2,17,21). The number of hydrogen-bond acceptors (Lipinski definition) is 4. The molecular formula is C13H19F3N4O. The summed E-state index contributed by atoms with van der Waals surface area (Å²) in [4.78, 5) is 12.7. The quantitative estimate of drug-likeness (QED) is 0.706. The molecule has 2 rings (SSSR count). The lowest BCUT2D eigenvalue weighted by Gasteiger charge is -2.34. The molecule has 4 N–H and O–H groups in total. The normalized spacial score (nSPS) is 21.3. The van der Waals surface area contributed by atoms with Gasteiger partial charge in [-0.25, -0.2) is 0 Å². The molecule has 2 aliphatic rings. The molecule has 21 heavy (non-hydrogen) atoms. The van der Waals surface area contributed by atoms with Gasteiger partial charge in [0.2, 0.25) is 0 Å². The van der Waals surface area contributed by atoms with E-state index in [9.17, 15) is 18.0 Å². The Morgan fingerprint density at radius 3 is 2.67 bits per heavy atom. The molecule has 0 saturated carbocycles. The summed E-state index contributed by atoms with van der Waals surface area (Å²) >= 11 is 0. The molecule has 8 heteroatoms. The lowest BCUT2D eigenvalue weighted by molar-refractivity contribution is -0.148. The van der Waals surface area contributed by atoms with Crippen molar-refractivity contribution in [3.63, 3.8) is 0 Å². The van der Waals surface area contributed by atoms with E-state index in [0.29, 0.717) is 43.7 Å². The van der Waals surface area contributed by atoms with Gasteiger partial charge in [-0.15, -0.1) is 0 Å². The highest BCUT2D eigenvalue weighted by atomic mass is 19.4. The molecule has 1 fully saturated rings. The van der Waals surface area contributed by atoms with Crippen molar-refractivity contribution < 1.29 is 18.0 Å². The Morgan fingerprint density at radius 2 is 2.10 bits per heavy atom. The summed E-state index contributed by atoms with van der Waals surface area (Å²) in [6.07, 6.45) is 0.436. The van der Waals surface area contributed by atoms with E-state index in [0.717, 1.165) is 0 Å². The van der Waals surface area contributed by atoms with E-state index in [1.165, 1.54) is 4.90 Å². The number of nitrogens with two attached hydrogens (primary N) is 1. The van der Waals surface area contributed by atoms with Crippen LogP contribution in [0.1, 0.15) is 12.8 Å². The first kappa shape index (κ1) is 15.7. The molecule has 0 aromatic rings. The summed E-state index contributed by atoms with van der Waals surface area (Å²) < 4.78 is 37.0. The van der Waals surface area contributed by atoms with Crippen molar-refractivity contribution in [2.24, 2.45) is 5.73 Å². The number of alkyl halides is 3. The van der Waals surface area contributed by atoms with E-state index >= 15 is 0 Å². The lowest BCUT2D eigenvalue weighted by atomic mass is 10.0. The van der Waals surface area contributed by atoms with Gasteiger partial charge in [-0.1, -0.05) is 0 Å². The highest BCUT2D eigenvalue weighted by molar-refractivity contribution is 5.96. The van der Waals surface area contributed by atoms with Crippen LogP contribution in [0.15, 0.2) is 23.5 Å². The predicted molar refractivity (Wildman–Crippen MR) is 72.0 cm³/mol. The molecule has 1 amide bonds. The van der Waals surface area contributed by atoms with Crippen LogP contribution in [0.5, 0.6) is 0 Å². The largest absolute Gasteiger partial charge is 0.401 e. The van der Waals surface area contributed by atoms with Gasteiger partial charge in [0.1, 0.15) is 0 Å². The van der Waals surface area contributed by atoms with Gasteiger partial charge in [-0.05, 0) is 18.9 Å². The number of piperidine rings is 1. The lowest BCUT2D eigenvalue weighted by Crippen LogP contribution is -2.46. The van der Waals surface area contributed by atoms with E-state index in [1.807, 2.05) is 6.08 Å². The number of nitrogens with zero attached hydrogens (tertiary/aromatic N) is 1. The number of hydrogen-bond donors (Lipinski definition) is 3. The van der Waals surface area contributed by atoms with Gasteiger partial charge in [-0.2, -0.15) is 13.2 Å². The first-order chi connectivity index (χ1) is 9.85. The van der Waals surface area contributed by atoms with E-state index in [-0.39, 0.29) is 6.04 Å². The summed E-state index contributed by atoms with van der Waals surface area (Å²) in [6, 6.07) is 0.0570. The van der Waals surface area contributed by atoms with Gasteiger partial charge in [-0.3, -0.25) is 9.69 Å². The molecular weight excluding hydrogens is 285 g/mol. The van der Waals surface area contributed by atoms with Crippen LogP contribution in [-0.4, -0.2) is 49.2 Å². The number of carbonyl (C=O) groups excluding carboxylic acids is 1. The molecule has 0 aromatic carbocycles. The molecule has 5 nitrogen and oxygen atoms in total. The van der Waals surface area contributed by atoms with Crippen molar-refractivity contribution in [1.82, 2.24) is 15.5 Å². The van der Waals surface area contributed by atoms with Crippen molar-refractivity contribution in [2.45, 2.75) is 25.1 Å². The molecule has 0 radical (unpaired) electrons. The Hall–Kier alpha value is -1.70. The molecule has 0 atom stereocenters. The van der Waals surface area contributed by atoms with Crippen LogP contribution < -0.4 is 16.4 Å². The van der Waals surface area contributed by atoms with Crippen LogP contribution in [0.2, 0.25) is 0 Å². The van der Waals surface area contributed by atoms with Gasteiger partial charge >= 0.3 is 6.18 Å². The van der Waals surface area contributed by atoms with Crippen molar-refractivity contribution >= 4 is 5.91 Å². The average Bonchev–Trinajstić information content (AvgIpc) is 2.40. The Bertz CT molecular complexity index is 451. The average molecular weight is 304 g/mol. The minimum Gasteiger partial charge on any atom is -0.387 e. The van der Waals surface area contributed by atoms with Gasteiger partial charge < -0.3 is 16.4 Å². The molecule has 0 bridgehead atoms. The summed E-state index contributed by atoms with van der Waals surface area (Å²) in [7, 11) is 0. The maximum atomic E-state index is 12.3. The van der Waals surface area contributed by atoms with Gasteiger partial charge in [0.15, 0.2) is 0 Å². The van der Waals surface area contributed by atoms with Crippen molar-refractivity contribution in [3.05, 3.63) is 23.5 Å². The van der Waals surface area contributed by atoms with E-state index in [1.54, 1.807) is 6.20 Å². The fourth-order valence-corrected chi connectivity index (χ4v) is 2.56. The highest BCUT2D eigenvalue weighted by Gasteiger charge is 2.32. The van der Waals surface area contributed by atoms with Crippen LogP contribution in [0, 0.1) is 0 Å². The first-order valence-electron chi connectivity index (χ1n) is 6.84. The summed E-state index contributed by atoms with van der Waals surface area (Å²) in [5.41, 5.74) is 6.33.